The fourth-order valence-electron chi connectivity index (χ4n) is 1.61. The standard InChI is InChI=1S/C11H10N4O2/c1-3-7-8(4-2)11(17)15(10(7)16)5-9-12-6-13-14-9/h3-4,6H,1-2,5H2,(H,12,13,14). The molecule has 0 saturated heterocycles. The minimum atomic E-state index is -0.392. The van der Waals surface area contributed by atoms with Crippen molar-refractivity contribution in [3.8, 4) is 0 Å². The van der Waals surface area contributed by atoms with Gasteiger partial charge in [0.1, 0.15) is 12.2 Å². The van der Waals surface area contributed by atoms with E-state index in [0.717, 1.165) is 4.90 Å². The van der Waals surface area contributed by atoms with Gasteiger partial charge >= 0.3 is 0 Å². The topological polar surface area (TPSA) is 79.0 Å². The summed E-state index contributed by atoms with van der Waals surface area (Å²) < 4.78 is 0. The van der Waals surface area contributed by atoms with Crippen molar-refractivity contribution in [2.75, 3.05) is 0 Å². The minimum Gasteiger partial charge on any atom is -0.269 e. The van der Waals surface area contributed by atoms with Gasteiger partial charge in [0.05, 0.1) is 17.7 Å². The number of carbonyl (C=O) groups is 2. The first-order valence-electron chi connectivity index (χ1n) is 4.88. The third-order valence-corrected chi connectivity index (χ3v) is 2.42. The van der Waals surface area contributed by atoms with Gasteiger partial charge in [0, 0.05) is 0 Å². The molecule has 0 spiro atoms. The number of imide groups is 1. The van der Waals surface area contributed by atoms with Crippen LogP contribution >= 0.6 is 0 Å². The van der Waals surface area contributed by atoms with Crippen molar-refractivity contribution < 1.29 is 9.59 Å². The van der Waals surface area contributed by atoms with Gasteiger partial charge in [0.2, 0.25) is 0 Å². The lowest BCUT2D eigenvalue weighted by atomic mass is 10.1. The normalized spacial score (nSPS) is 15.6. The molecule has 6 nitrogen and oxygen atoms in total. The molecule has 0 bridgehead atoms. The molecule has 1 N–H and O–H groups in total. The van der Waals surface area contributed by atoms with Crippen LogP contribution in [0.4, 0.5) is 0 Å². The maximum absolute atomic E-state index is 11.9. The smallest absolute Gasteiger partial charge is 0.261 e. The van der Waals surface area contributed by atoms with E-state index in [0.29, 0.717) is 5.82 Å². The van der Waals surface area contributed by atoms with E-state index in [2.05, 4.69) is 28.3 Å². The van der Waals surface area contributed by atoms with Crippen LogP contribution in [0.3, 0.4) is 0 Å². The van der Waals surface area contributed by atoms with Crippen molar-refractivity contribution in [1.82, 2.24) is 20.1 Å². The lowest BCUT2D eigenvalue weighted by Crippen LogP contribution is -2.31. The van der Waals surface area contributed by atoms with Crippen molar-refractivity contribution in [3.05, 3.63) is 48.6 Å². The van der Waals surface area contributed by atoms with Crippen molar-refractivity contribution in [2.24, 2.45) is 0 Å². The first-order chi connectivity index (χ1) is 8.19. The van der Waals surface area contributed by atoms with E-state index in [1.807, 2.05) is 0 Å². The Labute approximate surface area is 97.3 Å². The van der Waals surface area contributed by atoms with E-state index in [-0.39, 0.29) is 17.7 Å². The van der Waals surface area contributed by atoms with Crippen LogP contribution in [0, 0.1) is 0 Å². The fourth-order valence-corrected chi connectivity index (χ4v) is 1.61. The van der Waals surface area contributed by atoms with Crippen LogP contribution in [0.25, 0.3) is 0 Å². The zero-order chi connectivity index (χ0) is 12.4. The highest BCUT2D eigenvalue weighted by Gasteiger charge is 2.35. The average molecular weight is 230 g/mol. The molecule has 1 aromatic heterocycles. The number of H-pyrrole nitrogens is 1. The Morgan fingerprint density at radius 3 is 2.24 bits per heavy atom. The summed E-state index contributed by atoms with van der Waals surface area (Å²) in [5, 5.41) is 6.25. The minimum absolute atomic E-state index is 0.0619. The molecule has 0 radical (unpaired) electrons. The first-order valence-corrected chi connectivity index (χ1v) is 4.88. The number of rotatable bonds is 4. The summed E-state index contributed by atoms with van der Waals surface area (Å²) in [5.41, 5.74) is 0.536. The molecule has 0 saturated carbocycles. The number of nitrogens with one attached hydrogen (secondary N) is 1. The fraction of sp³-hybridized carbons (Fsp3) is 0.0909. The molecule has 0 fully saturated rings. The van der Waals surface area contributed by atoms with E-state index in [4.69, 9.17) is 0 Å². The van der Waals surface area contributed by atoms with Crippen LogP contribution in [0.1, 0.15) is 5.82 Å². The summed E-state index contributed by atoms with van der Waals surface area (Å²) in [7, 11) is 0. The summed E-state index contributed by atoms with van der Waals surface area (Å²) in [6, 6.07) is 0. The van der Waals surface area contributed by atoms with Gasteiger partial charge in [-0.3, -0.25) is 19.6 Å². The van der Waals surface area contributed by atoms with Gasteiger partial charge in [-0.15, -0.1) is 0 Å². The van der Waals surface area contributed by atoms with Crippen LogP contribution in [-0.4, -0.2) is 31.9 Å². The molecule has 0 atom stereocenters. The van der Waals surface area contributed by atoms with Gasteiger partial charge in [0.25, 0.3) is 11.8 Å². The molecule has 1 aliphatic rings. The van der Waals surface area contributed by atoms with E-state index in [1.165, 1.54) is 18.5 Å². The highest BCUT2D eigenvalue weighted by atomic mass is 16.2. The van der Waals surface area contributed by atoms with Gasteiger partial charge in [-0.05, 0) is 0 Å². The number of nitrogens with zero attached hydrogens (tertiary/aromatic N) is 3. The predicted octanol–water partition coefficient (Wildman–Crippen LogP) is 0.342. The van der Waals surface area contributed by atoms with Crippen LogP contribution < -0.4 is 0 Å². The summed E-state index contributed by atoms with van der Waals surface area (Å²) >= 11 is 0. The second-order valence-corrected chi connectivity index (χ2v) is 3.36. The van der Waals surface area contributed by atoms with Gasteiger partial charge in [0.15, 0.2) is 0 Å². The quantitative estimate of drug-likeness (QED) is 0.756. The van der Waals surface area contributed by atoms with E-state index in [1.54, 1.807) is 0 Å². The Hall–Kier alpha value is -2.50. The Morgan fingerprint density at radius 1 is 1.24 bits per heavy atom. The maximum Gasteiger partial charge on any atom is 0.261 e. The molecule has 2 heterocycles. The summed E-state index contributed by atoms with van der Waals surface area (Å²) in [6.45, 7) is 7.09. The molecule has 17 heavy (non-hydrogen) atoms. The molecule has 86 valence electrons. The first kappa shape index (κ1) is 11.0. The van der Waals surface area contributed by atoms with Crippen LogP contribution in [0.15, 0.2) is 42.8 Å². The molecule has 0 aliphatic carbocycles. The summed E-state index contributed by atoms with van der Waals surface area (Å²) in [5.74, 6) is -0.340. The lowest BCUT2D eigenvalue weighted by molar-refractivity contribution is -0.138. The van der Waals surface area contributed by atoms with Gasteiger partial charge in [-0.1, -0.05) is 25.3 Å². The van der Waals surface area contributed by atoms with Crippen molar-refractivity contribution >= 4 is 11.8 Å². The molecule has 2 amide bonds. The molecule has 1 aliphatic heterocycles. The zero-order valence-electron chi connectivity index (χ0n) is 9.01. The van der Waals surface area contributed by atoms with E-state index in [9.17, 15) is 9.59 Å². The number of aromatic amines is 1. The number of hydrogen-bond donors (Lipinski definition) is 1. The van der Waals surface area contributed by atoms with Gasteiger partial charge in [-0.2, -0.15) is 5.10 Å². The van der Waals surface area contributed by atoms with Crippen LogP contribution in [-0.2, 0) is 16.1 Å². The Morgan fingerprint density at radius 2 is 1.82 bits per heavy atom. The van der Waals surface area contributed by atoms with Crippen molar-refractivity contribution in [1.29, 1.82) is 0 Å². The number of aromatic nitrogens is 3. The third kappa shape index (κ3) is 1.69. The summed E-state index contributed by atoms with van der Waals surface area (Å²) in [4.78, 5) is 28.8. The monoisotopic (exact) mass is 230 g/mol. The Bertz CT molecular complexity index is 498. The number of amides is 2. The Balaban J connectivity index is 2.29. The number of carbonyl (C=O) groups excluding carboxylic acids is 2. The second-order valence-electron chi connectivity index (χ2n) is 3.36. The molecular weight excluding hydrogens is 220 g/mol. The zero-order valence-corrected chi connectivity index (χ0v) is 9.01. The van der Waals surface area contributed by atoms with Crippen LogP contribution in [0.5, 0.6) is 0 Å². The largest absolute Gasteiger partial charge is 0.269 e. The maximum atomic E-state index is 11.9. The lowest BCUT2D eigenvalue weighted by Gasteiger charge is -2.12. The van der Waals surface area contributed by atoms with E-state index >= 15 is 0 Å². The van der Waals surface area contributed by atoms with Crippen molar-refractivity contribution in [2.45, 2.75) is 6.54 Å². The molecule has 2 rings (SSSR count). The van der Waals surface area contributed by atoms with Crippen molar-refractivity contribution in [3.63, 3.8) is 0 Å². The predicted molar refractivity (Wildman–Crippen MR) is 59.4 cm³/mol. The highest BCUT2D eigenvalue weighted by molar-refractivity contribution is 6.21. The molecule has 0 aromatic carbocycles. The Kier molecular flexibility index (Phi) is 2.70. The van der Waals surface area contributed by atoms with Gasteiger partial charge < -0.3 is 0 Å². The van der Waals surface area contributed by atoms with E-state index < -0.39 is 11.8 Å². The van der Waals surface area contributed by atoms with Crippen LogP contribution in [0.2, 0.25) is 0 Å². The number of hydrogen-bond acceptors (Lipinski definition) is 4. The molecular formula is C11H10N4O2. The summed E-state index contributed by atoms with van der Waals surface area (Å²) in [6.07, 6.45) is 4.03. The average Bonchev–Trinajstić information content (AvgIpc) is 2.90. The van der Waals surface area contributed by atoms with Gasteiger partial charge in [-0.25, -0.2) is 4.98 Å². The highest BCUT2D eigenvalue weighted by Crippen LogP contribution is 2.23. The molecule has 6 heteroatoms. The molecule has 1 aromatic rings. The molecule has 0 unspecified atom stereocenters. The second kappa shape index (κ2) is 4.17. The third-order valence-electron chi connectivity index (χ3n) is 2.42. The SMILES string of the molecule is C=CC1=C(C=C)C(=O)N(Cc2ncn[nH]2)C1=O.